The molecule has 0 aromatic carbocycles. The van der Waals surface area contributed by atoms with E-state index in [0.717, 1.165) is 11.8 Å². The van der Waals surface area contributed by atoms with Crippen molar-refractivity contribution in [3.63, 3.8) is 0 Å². The van der Waals surface area contributed by atoms with Crippen molar-refractivity contribution in [1.29, 1.82) is 0 Å². The molecule has 164 valence electrons. The second-order valence-corrected chi connectivity index (χ2v) is 10.2. The van der Waals surface area contributed by atoms with E-state index in [2.05, 4.69) is 26.0 Å². The third-order valence-corrected chi connectivity index (χ3v) is 7.92. The van der Waals surface area contributed by atoms with Crippen molar-refractivity contribution < 1.29 is 0 Å². The third-order valence-electron chi connectivity index (χ3n) is 7.92. The Kier molecular flexibility index (Phi) is 9.97. The summed E-state index contributed by atoms with van der Waals surface area (Å²) in [6, 6.07) is 4.64. The van der Waals surface area contributed by atoms with E-state index in [1.807, 2.05) is 0 Å². The van der Waals surface area contributed by atoms with Gasteiger partial charge in [0.05, 0.1) is 11.4 Å². The van der Waals surface area contributed by atoms with E-state index in [9.17, 15) is 0 Å². The molecule has 2 saturated carbocycles. The Bertz CT molecular complexity index is 536. The molecule has 1 aromatic rings. The number of rotatable bonds is 11. The third kappa shape index (κ3) is 7.37. The summed E-state index contributed by atoms with van der Waals surface area (Å²) in [4.78, 5) is 0. The van der Waals surface area contributed by atoms with Crippen LogP contribution in [0, 0.1) is 11.8 Å². The van der Waals surface area contributed by atoms with Gasteiger partial charge in [0.25, 0.3) is 0 Å². The molecule has 2 aliphatic rings. The summed E-state index contributed by atoms with van der Waals surface area (Å²) in [5.41, 5.74) is 2.54. The van der Waals surface area contributed by atoms with Gasteiger partial charge in [-0.1, -0.05) is 71.6 Å². The predicted molar refractivity (Wildman–Crippen MR) is 124 cm³/mol. The largest absolute Gasteiger partial charge is 0.155 e. The van der Waals surface area contributed by atoms with Crippen LogP contribution in [-0.2, 0) is 0 Å². The monoisotopic (exact) mass is 398 g/mol. The fourth-order valence-corrected chi connectivity index (χ4v) is 5.82. The van der Waals surface area contributed by atoms with Crippen LogP contribution in [0.3, 0.4) is 0 Å². The second kappa shape index (κ2) is 12.7. The molecular formula is C27H46N2. The summed E-state index contributed by atoms with van der Waals surface area (Å²) < 4.78 is 0. The summed E-state index contributed by atoms with van der Waals surface area (Å²) in [5.74, 6) is 3.28. The summed E-state index contributed by atoms with van der Waals surface area (Å²) >= 11 is 0. The molecule has 0 atom stereocenters. The normalized spacial score (nSPS) is 27.8. The van der Waals surface area contributed by atoms with Crippen LogP contribution >= 0.6 is 0 Å². The van der Waals surface area contributed by atoms with Gasteiger partial charge in [0.15, 0.2) is 0 Å². The van der Waals surface area contributed by atoms with Gasteiger partial charge >= 0.3 is 0 Å². The number of hydrogen-bond acceptors (Lipinski definition) is 2. The fraction of sp³-hybridized carbons (Fsp3) is 0.852. The van der Waals surface area contributed by atoms with Gasteiger partial charge in [-0.2, -0.15) is 10.2 Å². The highest BCUT2D eigenvalue weighted by Crippen LogP contribution is 2.39. The maximum absolute atomic E-state index is 4.72. The Balaban J connectivity index is 1.38. The minimum absolute atomic E-state index is 0.665. The first-order valence-electron chi connectivity index (χ1n) is 13.1. The highest BCUT2D eigenvalue weighted by atomic mass is 15.1. The van der Waals surface area contributed by atoms with E-state index < -0.39 is 0 Å². The SMILES string of the molecule is CCCCCCC1CCC(c2ccc(C3CCC(CCCCC)CC3)nn2)CC1. The molecule has 0 spiro atoms. The summed E-state index contributed by atoms with van der Waals surface area (Å²) in [5, 5.41) is 9.44. The van der Waals surface area contributed by atoms with Crippen LogP contribution in [0.15, 0.2) is 12.1 Å². The molecule has 0 aliphatic heterocycles. The van der Waals surface area contributed by atoms with Crippen molar-refractivity contribution >= 4 is 0 Å². The molecule has 1 heterocycles. The smallest absolute Gasteiger partial charge is 0.0662 e. The number of unbranched alkanes of at least 4 members (excludes halogenated alkanes) is 5. The van der Waals surface area contributed by atoms with Gasteiger partial charge < -0.3 is 0 Å². The molecule has 0 unspecified atom stereocenters. The first-order chi connectivity index (χ1) is 14.3. The zero-order valence-corrected chi connectivity index (χ0v) is 19.4. The highest BCUT2D eigenvalue weighted by Gasteiger charge is 2.25. The minimum Gasteiger partial charge on any atom is -0.155 e. The molecule has 29 heavy (non-hydrogen) atoms. The standard InChI is InChI=1S/C27H46N2/c1-3-5-7-9-11-23-14-18-25(19-15-23)27-21-20-26(28-29-27)24-16-12-22(13-17-24)10-8-6-4-2/h20-25H,3-19H2,1-2H3. The quantitative estimate of drug-likeness (QED) is 0.349. The first-order valence-corrected chi connectivity index (χ1v) is 13.1. The zero-order valence-electron chi connectivity index (χ0n) is 19.4. The topological polar surface area (TPSA) is 25.8 Å². The van der Waals surface area contributed by atoms with Crippen molar-refractivity contribution in [3.05, 3.63) is 23.5 Å². The van der Waals surface area contributed by atoms with Crippen molar-refractivity contribution in [1.82, 2.24) is 10.2 Å². The van der Waals surface area contributed by atoms with Gasteiger partial charge in [-0.15, -0.1) is 0 Å². The predicted octanol–water partition coefficient (Wildman–Crippen LogP) is 8.57. The zero-order chi connectivity index (χ0) is 20.3. The van der Waals surface area contributed by atoms with Gasteiger partial charge in [-0.25, -0.2) is 0 Å². The van der Waals surface area contributed by atoms with E-state index in [4.69, 9.17) is 10.2 Å². The van der Waals surface area contributed by atoms with Gasteiger partial charge in [-0.3, -0.25) is 0 Å². The molecule has 0 N–H and O–H groups in total. The molecule has 0 radical (unpaired) electrons. The van der Waals surface area contributed by atoms with E-state index in [0.29, 0.717) is 11.8 Å². The van der Waals surface area contributed by atoms with Crippen molar-refractivity contribution in [2.75, 3.05) is 0 Å². The summed E-state index contributed by atoms with van der Waals surface area (Å²) in [7, 11) is 0. The van der Waals surface area contributed by atoms with Gasteiger partial charge in [0.2, 0.25) is 0 Å². The molecular weight excluding hydrogens is 352 g/mol. The molecule has 2 nitrogen and oxygen atoms in total. The van der Waals surface area contributed by atoms with Crippen LogP contribution in [-0.4, -0.2) is 10.2 Å². The van der Waals surface area contributed by atoms with Crippen LogP contribution in [0.1, 0.15) is 146 Å². The van der Waals surface area contributed by atoms with Crippen LogP contribution < -0.4 is 0 Å². The van der Waals surface area contributed by atoms with Crippen molar-refractivity contribution in [2.45, 2.75) is 135 Å². The van der Waals surface area contributed by atoms with Crippen LogP contribution in [0.5, 0.6) is 0 Å². The van der Waals surface area contributed by atoms with E-state index >= 15 is 0 Å². The van der Waals surface area contributed by atoms with Crippen molar-refractivity contribution in [2.24, 2.45) is 11.8 Å². The van der Waals surface area contributed by atoms with E-state index in [1.165, 1.54) is 121 Å². The lowest BCUT2D eigenvalue weighted by atomic mass is 9.77. The summed E-state index contributed by atoms with van der Waals surface area (Å²) in [6.45, 7) is 4.61. The molecule has 2 aliphatic carbocycles. The number of hydrogen-bond donors (Lipinski definition) is 0. The summed E-state index contributed by atoms with van der Waals surface area (Å²) in [6.07, 6.45) is 23.7. The Hall–Kier alpha value is -0.920. The minimum atomic E-state index is 0.665. The Labute approximate surface area is 180 Å². The fourth-order valence-electron chi connectivity index (χ4n) is 5.82. The lowest BCUT2D eigenvalue weighted by Crippen LogP contribution is -2.17. The van der Waals surface area contributed by atoms with Gasteiger partial charge in [0.1, 0.15) is 0 Å². The average Bonchev–Trinajstić information content (AvgIpc) is 2.78. The Morgan fingerprint density at radius 2 is 1.00 bits per heavy atom. The average molecular weight is 399 g/mol. The molecule has 1 aromatic heterocycles. The lowest BCUT2D eigenvalue weighted by Gasteiger charge is -2.29. The molecule has 2 heteroatoms. The number of aromatic nitrogens is 2. The van der Waals surface area contributed by atoms with Crippen LogP contribution in [0.2, 0.25) is 0 Å². The number of nitrogens with zero attached hydrogens (tertiary/aromatic N) is 2. The molecule has 0 amide bonds. The van der Waals surface area contributed by atoms with Crippen LogP contribution in [0.4, 0.5) is 0 Å². The molecule has 3 rings (SSSR count). The van der Waals surface area contributed by atoms with E-state index in [-0.39, 0.29) is 0 Å². The maximum atomic E-state index is 4.72. The van der Waals surface area contributed by atoms with E-state index in [1.54, 1.807) is 0 Å². The van der Waals surface area contributed by atoms with Crippen LogP contribution in [0.25, 0.3) is 0 Å². The molecule has 0 saturated heterocycles. The maximum Gasteiger partial charge on any atom is 0.0662 e. The van der Waals surface area contributed by atoms with Crippen molar-refractivity contribution in [3.8, 4) is 0 Å². The molecule has 0 bridgehead atoms. The van der Waals surface area contributed by atoms with Gasteiger partial charge in [-0.05, 0) is 75.3 Å². The first kappa shape index (κ1) is 22.8. The Morgan fingerprint density at radius 3 is 1.41 bits per heavy atom. The second-order valence-electron chi connectivity index (χ2n) is 10.2. The Morgan fingerprint density at radius 1 is 0.586 bits per heavy atom. The lowest BCUT2D eigenvalue weighted by molar-refractivity contribution is 0.294. The van der Waals surface area contributed by atoms with Gasteiger partial charge in [0, 0.05) is 11.8 Å². The highest BCUT2D eigenvalue weighted by molar-refractivity contribution is 5.15. The molecule has 2 fully saturated rings.